The van der Waals surface area contributed by atoms with E-state index >= 15 is 0 Å². The quantitative estimate of drug-likeness (QED) is 0.592. The van der Waals surface area contributed by atoms with Crippen molar-refractivity contribution in [1.29, 1.82) is 0 Å². The van der Waals surface area contributed by atoms with Crippen LogP contribution >= 0.6 is 0 Å². The Kier molecular flexibility index (Phi) is 3.76. The number of hydrogen-bond donors (Lipinski definition) is 1. The molecule has 3 aromatic rings. The van der Waals surface area contributed by atoms with E-state index in [2.05, 4.69) is 10.3 Å². The molecule has 116 valence electrons. The van der Waals surface area contributed by atoms with Crippen LogP contribution in [0, 0.1) is 17.0 Å². The van der Waals surface area contributed by atoms with E-state index in [4.69, 9.17) is 0 Å². The number of hydrogen-bond acceptors (Lipinski definition) is 4. The summed E-state index contributed by atoms with van der Waals surface area (Å²) < 4.78 is 1.83. The molecule has 0 radical (unpaired) electrons. The first-order valence-corrected chi connectivity index (χ1v) is 7.00. The third-order valence-electron chi connectivity index (χ3n) is 3.46. The maximum absolute atomic E-state index is 12.2. The van der Waals surface area contributed by atoms with Crippen molar-refractivity contribution in [2.75, 3.05) is 5.32 Å². The minimum Gasteiger partial charge on any atom is -0.325 e. The third kappa shape index (κ3) is 3.18. The maximum Gasteiger partial charge on any atom is 0.271 e. The number of nitro groups is 1. The van der Waals surface area contributed by atoms with Gasteiger partial charge in [0.1, 0.15) is 5.65 Å². The molecule has 0 bridgehead atoms. The van der Waals surface area contributed by atoms with E-state index in [-0.39, 0.29) is 18.0 Å². The topological polar surface area (TPSA) is 89.5 Å². The van der Waals surface area contributed by atoms with Crippen LogP contribution in [0.3, 0.4) is 0 Å². The first kappa shape index (κ1) is 14.7. The summed E-state index contributed by atoms with van der Waals surface area (Å²) in [4.78, 5) is 26.9. The number of aromatic nitrogens is 2. The molecule has 23 heavy (non-hydrogen) atoms. The van der Waals surface area contributed by atoms with E-state index in [0.717, 1.165) is 11.2 Å². The number of rotatable bonds is 4. The summed E-state index contributed by atoms with van der Waals surface area (Å²) in [5.74, 6) is -0.267. The van der Waals surface area contributed by atoms with E-state index < -0.39 is 4.92 Å². The summed E-state index contributed by atoms with van der Waals surface area (Å²) in [7, 11) is 0. The fraction of sp³-hybridized carbons (Fsp3) is 0.125. The minimum atomic E-state index is -0.489. The number of pyridine rings is 1. The van der Waals surface area contributed by atoms with Crippen LogP contribution < -0.4 is 5.32 Å². The second-order valence-corrected chi connectivity index (χ2v) is 5.18. The monoisotopic (exact) mass is 310 g/mol. The van der Waals surface area contributed by atoms with Crippen molar-refractivity contribution < 1.29 is 9.72 Å². The number of non-ortho nitro benzene ring substituents is 1. The number of benzene rings is 1. The average Bonchev–Trinajstić information content (AvgIpc) is 2.91. The van der Waals surface area contributed by atoms with Gasteiger partial charge >= 0.3 is 0 Å². The molecule has 0 unspecified atom stereocenters. The number of anilines is 1. The Hall–Kier alpha value is -3.22. The lowest BCUT2D eigenvalue weighted by molar-refractivity contribution is -0.384. The molecule has 0 aliphatic heterocycles. The van der Waals surface area contributed by atoms with Gasteiger partial charge in [0.05, 0.1) is 22.7 Å². The molecule has 0 atom stereocenters. The zero-order chi connectivity index (χ0) is 16.4. The highest BCUT2D eigenvalue weighted by atomic mass is 16.6. The van der Waals surface area contributed by atoms with Crippen molar-refractivity contribution in [3.8, 4) is 0 Å². The second kappa shape index (κ2) is 5.88. The summed E-state index contributed by atoms with van der Waals surface area (Å²) in [6, 6.07) is 9.98. The Labute approximate surface area is 131 Å². The molecule has 0 saturated heterocycles. The Morgan fingerprint density at radius 1 is 1.35 bits per heavy atom. The van der Waals surface area contributed by atoms with Gasteiger partial charge in [-0.15, -0.1) is 0 Å². The predicted molar refractivity (Wildman–Crippen MR) is 85.4 cm³/mol. The summed E-state index contributed by atoms with van der Waals surface area (Å²) in [6.07, 6.45) is 3.74. The molecule has 1 N–H and O–H groups in total. The molecule has 2 aromatic heterocycles. The Morgan fingerprint density at radius 3 is 2.91 bits per heavy atom. The van der Waals surface area contributed by atoms with E-state index in [1.54, 1.807) is 19.2 Å². The molecule has 0 fully saturated rings. The van der Waals surface area contributed by atoms with Gasteiger partial charge < -0.3 is 9.72 Å². The number of amides is 1. The lowest BCUT2D eigenvalue weighted by atomic mass is 10.1. The van der Waals surface area contributed by atoms with Crippen LogP contribution in [0.25, 0.3) is 5.65 Å². The molecule has 2 heterocycles. The number of carbonyl (C=O) groups is 1. The van der Waals surface area contributed by atoms with Crippen LogP contribution in [0.2, 0.25) is 0 Å². The smallest absolute Gasteiger partial charge is 0.271 e. The number of carbonyl (C=O) groups excluding carboxylic acids is 1. The van der Waals surface area contributed by atoms with E-state index in [1.807, 2.05) is 28.8 Å². The van der Waals surface area contributed by atoms with Gasteiger partial charge in [-0.3, -0.25) is 14.9 Å². The van der Waals surface area contributed by atoms with Crippen molar-refractivity contribution in [2.45, 2.75) is 13.3 Å². The Balaban J connectivity index is 1.76. The van der Waals surface area contributed by atoms with E-state index in [9.17, 15) is 14.9 Å². The number of nitrogens with one attached hydrogen (secondary N) is 1. The second-order valence-electron chi connectivity index (χ2n) is 5.18. The number of fused-ring (bicyclic) bond motifs is 1. The largest absolute Gasteiger partial charge is 0.325 e. The van der Waals surface area contributed by atoms with Crippen LogP contribution in [-0.4, -0.2) is 20.2 Å². The van der Waals surface area contributed by atoms with Gasteiger partial charge in [0.15, 0.2) is 0 Å². The summed E-state index contributed by atoms with van der Waals surface area (Å²) >= 11 is 0. The molecular weight excluding hydrogens is 296 g/mol. The van der Waals surface area contributed by atoms with Crippen LogP contribution in [-0.2, 0) is 11.2 Å². The molecule has 1 aromatic carbocycles. The molecule has 0 spiro atoms. The van der Waals surface area contributed by atoms with Gasteiger partial charge in [0.25, 0.3) is 5.69 Å². The molecule has 1 amide bonds. The summed E-state index contributed by atoms with van der Waals surface area (Å²) in [6.45, 7) is 1.78. The van der Waals surface area contributed by atoms with Gasteiger partial charge in [-0.05, 0) is 24.6 Å². The highest BCUT2D eigenvalue weighted by molar-refractivity contribution is 5.93. The normalized spacial score (nSPS) is 10.7. The van der Waals surface area contributed by atoms with Crippen LogP contribution in [0.4, 0.5) is 11.4 Å². The molecule has 0 aliphatic rings. The Bertz CT molecular complexity index is 868. The highest BCUT2D eigenvalue weighted by Gasteiger charge is 2.12. The first-order valence-electron chi connectivity index (χ1n) is 7.00. The fourth-order valence-electron chi connectivity index (χ4n) is 2.29. The van der Waals surface area contributed by atoms with Crippen molar-refractivity contribution >= 4 is 22.9 Å². The van der Waals surface area contributed by atoms with Gasteiger partial charge in [-0.25, -0.2) is 4.98 Å². The number of aryl methyl sites for hydroxylation is 1. The molecular formula is C16H14N4O3. The first-order chi connectivity index (χ1) is 11.0. The molecule has 3 rings (SSSR count). The SMILES string of the molecule is Cc1ccc([N+](=O)[O-])cc1NC(=O)Cc1cn2ccccc2n1. The highest BCUT2D eigenvalue weighted by Crippen LogP contribution is 2.22. The zero-order valence-electron chi connectivity index (χ0n) is 12.4. The van der Waals surface area contributed by atoms with Crippen molar-refractivity contribution in [3.05, 3.63) is 70.2 Å². The number of nitro benzene ring substituents is 1. The van der Waals surface area contributed by atoms with Crippen molar-refractivity contribution in [2.24, 2.45) is 0 Å². The van der Waals surface area contributed by atoms with Gasteiger partial charge in [-0.1, -0.05) is 12.1 Å². The van der Waals surface area contributed by atoms with Gasteiger partial charge in [0.2, 0.25) is 5.91 Å². The van der Waals surface area contributed by atoms with Crippen LogP contribution in [0.1, 0.15) is 11.3 Å². The standard InChI is InChI=1S/C16H14N4O3/c1-11-5-6-13(20(22)23)9-14(11)18-16(21)8-12-10-19-7-3-2-4-15(19)17-12/h2-7,9-10H,8H2,1H3,(H,18,21). The number of nitrogens with zero attached hydrogens (tertiary/aromatic N) is 3. The number of imidazole rings is 1. The minimum absolute atomic E-state index is 0.0568. The summed E-state index contributed by atoms with van der Waals surface area (Å²) in [5.41, 5.74) is 2.55. The van der Waals surface area contributed by atoms with Crippen molar-refractivity contribution in [3.63, 3.8) is 0 Å². The lowest BCUT2D eigenvalue weighted by Gasteiger charge is -2.07. The lowest BCUT2D eigenvalue weighted by Crippen LogP contribution is -2.15. The molecule has 0 saturated carbocycles. The van der Waals surface area contributed by atoms with E-state index in [0.29, 0.717) is 11.4 Å². The average molecular weight is 310 g/mol. The van der Waals surface area contributed by atoms with E-state index in [1.165, 1.54) is 12.1 Å². The van der Waals surface area contributed by atoms with Crippen LogP contribution in [0.5, 0.6) is 0 Å². The third-order valence-corrected chi connectivity index (χ3v) is 3.46. The zero-order valence-corrected chi connectivity index (χ0v) is 12.4. The molecule has 7 nitrogen and oxygen atoms in total. The molecule has 7 heteroatoms. The van der Waals surface area contributed by atoms with Gasteiger partial charge in [0, 0.05) is 24.5 Å². The van der Waals surface area contributed by atoms with Crippen molar-refractivity contribution in [1.82, 2.24) is 9.38 Å². The fourth-order valence-corrected chi connectivity index (χ4v) is 2.29. The maximum atomic E-state index is 12.2. The summed E-state index contributed by atoms with van der Waals surface area (Å²) in [5, 5.41) is 13.5. The Morgan fingerprint density at radius 2 is 2.17 bits per heavy atom. The van der Waals surface area contributed by atoms with Crippen LogP contribution in [0.15, 0.2) is 48.8 Å². The molecule has 0 aliphatic carbocycles. The van der Waals surface area contributed by atoms with Gasteiger partial charge in [-0.2, -0.15) is 0 Å². The predicted octanol–water partition coefficient (Wildman–Crippen LogP) is 2.73.